The third kappa shape index (κ3) is 8.58. The van der Waals surface area contributed by atoms with Gasteiger partial charge in [0, 0.05) is 37.6 Å². The number of nitrogens with zero attached hydrogens (tertiary/aromatic N) is 3. The molecule has 12 nitrogen and oxygen atoms in total. The molecule has 3 aromatic carbocycles. The van der Waals surface area contributed by atoms with Crippen LogP contribution >= 0.6 is 0 Å². The number of piperazine rings is 1. The fourth-order valence-electron chi connectivity index (χ4n) is 4.37. The normalized spacial score (nSPS) is 14.8. The SMILES string of the molecule is CCN1CCN(/N=C/c2cccc(NC(=O)Nc3ccc(Cc4ccc(S(N)(=O)=O)cc4)c(S(N)(=O)=O)c3)c2)CC1. The Labute approximate surface area is 240 Å². The molecule has 0 bridgehead atoms. The number of sulfonamides is 2. The topological polar surface area (TPSA) is 180 Å². The number of carbonyl (C=O) groups is 1. The molecule has 1 saturated heterocycles. The first-order valence-electron chi connectivity index (χ1n) is 12.9. The number of urea groups is 1. The van der Waals surface area contributed by atoms with Gasteiger partial charge in [-0.2, -0.15) is 5.10 Å². The van der Waals surface area contributed by atoms with Crippen molar-refractivity contribution in [1.29, 1.82) is 0 Å². The lowest BCUT2D eigenvalue weighted by molar-refractivity contribution is 0.142. The number of hydrogen-bond donors (Lipinski definition) is 4. The summed E-state index contributed by atoms with van der Waals surface area (Å²) in [4.78, 5) is 14.8. The van der Waals surface area contributed by atoms with Gasteiger partial charge in [-0.05, 0) is 66.1 Å². The van der Waals surface area contributed by atoms with Crippen LogP contribution in [-0.4, -0.2) is 71.7 Å². The minimum atomic E-state index is -4.14. The van der Waals surface area contributed by atoms with Crippen LogP contribution in [0.4, 0.5) is 16.2 Å². The van der Waals surface area contributed by atoms with E-state index in [1.54, 1.807) is 36.5 Å². The third-order valence-corrected chi connectivity index (χ3v) is 8.51. The van der Waals surface area contributed by atoms with E-state index in [0.29, 0.717) is 16.8 Å². The van der Waals surface area contributed by atoms with Crippen molar-refractivity contribution in [3.8, 4) is 0 Å². The largest absolute Gasteiger partial charge is 0.323 e. The Morgan fingerprint density at radius 2 is 1.54 bits per heavy atom. The number of nitrogens with two attached hydrogens (primary N) is 2. The van der Waals surface area contributed by atoms with E-state index < -0.39 is 26.1 Å². The zero-order chi connectivity index (χ0) is 29.6. The highest BCUT2D eigenvalue weighted by Crippen LogP contribution is 2.23. The first-order chi connectivity index (χ1) is 19.4. The van der Waals surface area contributed by atoms with Crippen LogP contribution in [-0.2, 0) is 26.5 Å². The maximum Gasteiger partial charge on any atom is 0.323 e. The molecule has 4 rings (SSSR count). The van der Waals surface area contributed by atoms with E-state index >= 15 is 0 Å². The second kappa shape index (κ2) is 12.8. The monoisotopic (exact) mass is 599 g/mol. The van der Waals surface area contributed by atoms with Crippen molar-refractivity contribution < 1.29 is 21.6 Å². The highest BCUT2D eigenvalue weighted by atomic mass is 32.2. The van der Waals surface area contributed by atoms with Crippen molar-refractivity contribution >= 4 is 43.7 Å². The Morgan fingerprint density at radius 3 is 2.15 bits per heavy atom. The Morgan fingerprint density at radius 1 is 0.878 bits per heavy atom. The van der Waals surface area contributed by atoms with Gasteiger partial charge in [-0.3, -0.25) is 9.91 Å². The van der Waals surface area contributed by atoms with Gasteiger partial charge in [-0.15, -0.1) is 0 Å². The summed E-state index contributed by atoms with van der Waals surface area (Å²) < 4.78 is 47.6. The van der Waals surface area contributed by atoms with Crippen LogP contribution in [0, 0.1) is 0 Å². The van der Waals surface area contributed by atoms with Crippen LogP contribution in [0.25, 0.3) is 0 Å². The molecule has 0 aliphatic carbocycles. The number of benzene rings is 3. The number of anilines is 2. The quantitative estimate of drug-likeness (QED) is 0.272. The Hall–Kier alpha value is -3.82. The molecule has 6 N–H and O–H groups in total. The molecule has 0 unspecified atom stereocenters. The fraction of sp³-hybridized carbons (Fsp3) is 0.259. The number of hydrogen-bond acceptors (Lipinski definition) is 8. The van der Waals surface area contributed by atoms with Crippen LogP contribution in [0.2, 0.25) is 0 Å². The molecule has 14 heteroatoms. The molecule has 0 atom stereocenters. The Balaban J connectivity index is 1.42. The molecule has 0 radical (unpaired) electrons. The third-order valence-electron chi connectivity index (χ3n) is 6.59. The van der Waals surface area contributed by atoms with Gasteiger partial charge in [0.2, 0.25) is 20.0 Å². The molecule has 3 aromatic rings. The van der Waals surface area contributed by atoms with Crippen LogP contribution in [0.5, 0.6) is 0 Å². The molecular formula is C27H33N7O5S2. The molecule has 41 heavy (non-hydrogen) atoms. The van der Waals surface area contributed by atoms with Gasteiger partial charge in [0.05, 0.1) is 16.0 Å². The van der Waals surface area contributed by atoms with E-state index in [9.17, 15) is 21.6 Å². The molecule has 2 amide bonds. The van der Waals surface area contributed by atoms with Gasteiger partial charge in [-0.1, -0.05) is 37.3 Å². The number of rotatable bonds is 9. The van der Waals surface area contributed by atoms with E-state index in [0.717, 1.165) is 38.3 Å². The number of likely N-dealkylation sites (N-methyl/N-ethyl adjacent to an activating group) is 1. The molecular weight excluding hydrogens is 566 g/mol. The van der Waals surface area contributed by atoms with E-state index in [-0.39, 0.29) is 21.9 Å². The first-order valence-corrected chi connectivity index (χ1v) is 16.0. The predicted molar refractivity (Wildman–Crippen MR) is 159 cm³/mol. The highest BCUT2D eigenvalue weighted by Gasteiger charge is 2.17. The fourth-order valence-corrected chi connectivity index (χ4v) is 5.68. The van der Waals surface area contributed by atoms with Crippen molar-refractivity contribution in [2.24, 2.45) is 15.4 Å². The van der Waals surface area contributed by atoms with Crippen molar-refractivity contribution in [2.75, 3.05) is 43.4 Å². The van der Waals surface area contributed by atoms with Crippen LogP contribution in [0.1, 0.15) is 23.6 Å². The van der Waals surface area contributed by atoms with Gasteiger partial charge in [0.25, 0.3) is 0 Å². The van der Waals surface area contributed by atoms with Gasteiger partial charge in [0.1, 0.15) is 0 Å². The minimum absolute atomic E-state index is 0.0539. The zero-order valence-corrected chi connectivity index (χ0v) is 24.2. The van der Waals surface area contributed by atoms with Gasteiger partial charge in [0.15, 0.2) is 0 Å². The van der Waals surface area contributed by atoms with Gasteiger partial charge >= 0.3 is 6.03 Å². The number of carbonyl (C=O) groups excluding carboxylic acids is 1. The van der Waals surface area contributed by atoms with E-state index in [1.165, 1.54) is 30.3 Å². The number of hydrazone groups is 1. The summed E-state index contributed by atoms with van der Waals surface area (Å²) in [5.41, 5.74) is 2.60. The van der Waals surface area contributed by atoms with E-state index in [2.05, 4.69) is 27.6 Å². The molecule has 218 valence electrons. The molecule has 1 aliphatic rings. The van der Waals surface area contributed by atoms with Crippen LogP contribution in [0.3, 0.4) is 0 Å². The maximum atomic E-state index is 12.7. The zero-order valence-electron chi connectivity index (χ0n) is 22.5. The summed E-state index contributed by atoms with van der Waals surface area (Å²) in [6.07, 6.45) is 1.91. The molecule has 1 fully saturated rings. The van der Waals surface area contributed by atoms with Crippen LogP contribution in [0.15, 0.2) is 81.6 Å². The number of amides is 2. The van der Waals surface area contributed by atoms with Crippen molar-refractivity contribution in [1.82, 2.24) is 9.91 Å². The van der Waals surface area contributed by atoms with Crippen molar-refractivity contribution in [3.05, 3.63) is 83.4 Å². The van der Waals surface area contributed by atoms with Gasteiger partial charge in [-0.25, -0.2) is 31.9 Å². The predicted octanol–water partition coefficient (Wildman–Crippen LogP) is 2.19. The number of primary sulfonamides is 2. The number of nitrogens with one attached hydrogen (secondary N) is 2. The molecule has 0 aromatic heterocycles. The first kappa shape index (κ1) is 30.1. The molecule has 0 spiro atoms. The summed E-state index contributed by atoms with van der Waals surface area (Å²) >= 11 is 0. The second-order valence-corrected chi connectivity index (χ2v) is 12.7. The molecule has 1 aliphatic heterocycles. The van der Waals surface area contributed by atoms with E-state index in [1.807, 2.05) is 11.1 Å². The second-order valence-electron chi connectivity index (χ2n) is 9.57. The van der Waals surface area contributed by atoms with E-state index in [4.69, 9.17) is 10.3 Å². The van der Waals surface area contributed by atoms with Crippen molar-refractivity contribution in [3.63, 3.8) is 0 Å². The summed E-state index contributed by atoms with van der Waals surface area (Å²) in [7, 11) is -7.99. The van der Waals surface area contributed by atoms with Crippen LogP contribution < -0.4 is 20.9 Å². The lowest BCUT2D eigenvalue weighted by atomic mass is 10.0. The summed E-state index contributed by atoms with van der Waals surface area (Å²) in [6.45, 7) is 6.82. The van der Waals surface area contributed by atoms with Crippen molar-refractivity contribution in [2.45, 2.75) is 23.1 Å². The maximum absolute atomic E-state index is 12.7. The Bertz CT molecular complexity index is 1630. The summed E-state index contributed by atoms with van der Waals surface area (Å²) in [5.74, 6) is 0. The smallest absolute Gasteiger partial charge is 0.308 e. The highest BCUT2D eigenvalue weighted by molar-refractivity contribution is 7.89. The summed E-state index contributed by atoms with van der Waals surface area (Å²) in [6, 6.07) is 16.8. The lowest BCUT2D eigenvalue weighted by Crippen LogP contribution is -2.43. The summed E-state index contributed by atoms with van der Waals surface area (Å²) in [5, 5.41) is 22.5. The lowest BCUT2D eigenvalue weighted by Gasteiger charge is -2.32. The minimum Gasteiger partial charge on any atom is -0.308 e. The average molecular weight is 600 g/mol. The molecule has 0 saturated carbocycles. The standard InChI is InChI=1S/C27H33N7O5S2/c1-2-33-12-14-34(15-13-33)30-19-21-4-3-5-23(17-21)31-27(35)32-24-9-8-22(26(18-24)41(29,38)39)16-20-6-10-25(11-7-20)40(28,36)37/h3-11,17-19H,2,12-16H2,1H3,(H2,28,36,37)(H2,29,38,39)(H2,31,32,35)/b30-19+. The average Bonchev–Trinajstić information content (AvgIpc) is 2.92. The Kier molecular flexibility index (Phi) is 9.40. The molecule has 1 heterocycles. The van der Waals surface area contributed by atoms with Gasteiger partial charge < -0.3 is 10.6 Å².